The van der Waals surface area contributed by atoms with Gasteiger partial charge in [-0.15, -0.1) is 0 Å². The van der Waals surface area contributed by atoms with Gasteiger partial charge in [0.1, 0.15) is 22.2 Å². The monoisotopic (exact) mass is 316 g/mol. The Morgan fingerprint density at radius 1 is 1.45 bits per heavy atom. The number of nitrogens with zero attached hydrogens (tertiary/aromatic N) is 4. The SMILES string of the molecule is CCCn1cc(S(=O)(=O)Nc2cc(Cl)ncn2)c(N)n1. The highest BCUT2D eigenvalue weighted by molar-refractivity contribution is 7.92. The van der Waals surface area contributed by atoms with E-state index in [0.717, 1.165) is 12.7 Å². The molecule has 0 spiro atoms. The van der Waals surface area contributed by atoms with E-state index in [9.17, 15) is 8.42 Å². The van der Waals surface area contributed by atoms with Crippen LogP contribution < -0.4 is 10.5 Å². The smallest absolute Gasteiger partial charge is 0.268 e. The molecule has 0 fully saturated rings. The largest absolute Gasteiger partial charge is 0.381 e. The van der Waals surface area contributed by atoms with Crippen LogP contribution >= 0.6 is 11.6 Å². The summed E-state index contributed by atoms with van der Waals surface area (Å²) in [5.41, 5.74) is 5.63. The van der Waals surface area contributed by atoms with E-state index in [1.165, 1.54) is 16.9 Å². The number of nitrogens with two attached hydrogens (primary N) is 1. The number of hydrogen-bond donors (Lipinski definition) is 2. The molecule has 0 unspecified atom stereocenters. The fraction of sp³-hybridized carbons (Fsp3) is 0.300. The van der Waals surface area contributed by atoms with Crippen LogP contribution in [0.2, 0.25) is 5.15 Å². The standard InChI is InChI=1S/C10H13ClN6O2S/c1-2-3-17-5-7(10(12)15-17)20(18,19)16-9-4-8(11)13-6-14-9/h4-6H,2-3H2,1H3,(H2,12,15)(H,13,14,16). The number of aryl methyl sites for hydroxylation is 1. The minimum Gasteiger partial charge on any atom is -0.381 e. The van der Waals surface area contributed by atoms with Crippen molar-refractivity contribution in [3.05, 3.63) is 23.7 Å². The molecule has 8 nitrogen and oxygen atoms in total. The van der Waals surface area contributed by atoms with Gasteiger partial charge in [0.25, 0.3) is 10.0 Å². The summed E-state index contributed by atoms with van der Waals surface area (Å²) in [5.74, 6) is -0.00116. The molecule has 0 atom stereocenters. The third-order valence-electron chi connectivity index (χ3n) is 2.37. The Balaban J connectivity index is 2.30. The number of aromatic nitrogens is 4. The van der Waals surface area contributed by atoms with Crippen LogP contribution in [0.15, 0.2) is 23.5 Å². The number of hydrogen-bond acceptors (Lipinski definition) is 6. The van der Waals surface area contributed by atoms with E-state index in [1.807, 2.05) is 6.92 Å². The van der Waals surface area contributed by atoms with Crippen LogP contribution in [0.4, 0.5) is 11.6 Å². The molecule has 0 bridgehead atoms. The van der Waals surface area contributed by atoms with E-state index < -0.39 is 10.0 Å². The molecule has 10 heteroatoms. The van der Waals surface area contributed by atoms with Crippen LogP contribution in [-0.4, -0.2) is 28.2 Å². The highest BCUT2D eigenvalue weighted by atomic mass is 35.5. The van der Waals surface area contributed by atoms with E-state index >= 15 is 0 Å². The lowest BCUT2D eigenvalue weighted by molar-refractivity contribution is 0.595. The predicted octanol–water partition coefficient (Wildman–Crippen LogP) is 1.12. The van der Waals surface area contributed by atoms with Gasteiger partial charge in [-0.1, -0.05) is 18.5 Å². The molecular weight excluding hydrogens is 304 g/mol. The molecule has 2 heterocycles. The predicted molar refractivity (Wildman–Crippen MR) is 74.8 cm³/mol. The Morgan fingerprint density at radius 2 is 2.20 bits per heavy atom. The summed E-state index contributed by atoms with van der Waals surface area (Å²) in [6, 6.07) is 1.30. The molecular formula is C10H13ClN6O2S. The molecule has 3 N–H and O–H groups in total. The molecule has 0 saturated carbocycles. The molecule has 0 amide bonds. The van der Waals surface area contributed by atoms with Crippen molar-refractivity contribution in [3.8, 4) is 0 Å². The molecule has 0 aliphatic heterocycles. The third kappa shape index (κ3) is 3.17. The maximum atomic E-state index is 12.2. The average molecular weight is 317 g/mol. The van der Waals surface area contributed by atoms with E-state index in [2.05, 4.69) is 19.8 Å². The van der Waals surface area contributed by atoms with Gasteiger partial charge in [-0.2, -0.15) is 5.10 Å². The van der Waals surface area contributed by atoms with Gasteiger partial charge in [0.2, 0.25) is 0 Å². The molecule has 108 valence electrons. The molecule has 2 aromatic heterocycles. The van der Waals surface area contributed by atoms with Gasteiger partial charge in [-0.05, 0) is 6.42 Å². The van der Waals surface area contributed by atoms with Crippen molar-refractivity contribution in [3.63, 3.8) is 0 Å². The van der Waals surface area contributed by atoms with Crippen LogP contribution in [0.5, 0.6) is 0 Å². The van der Waals surface area contributed by atoms with Crippen LogP contribution in [0.3, 0.4) is 0 Å². The summed E-state index contributed by atoms with van der Waals surface area (Å²) < 4.78 is 28.2. The second-order valence-corrected chi connectivity index (χ2v) is 6.01. The Kier molecular flexibility index (Phi) is 4.09. The molecule has 0 aromatic carbocycles. The molecule has 20 heavy (non-hydrogen) atoms. The van der Waals surface area contributed by atoms with Crippen LogP contribution in [-0.2, 0) is 16.6 Å². The summed E-state index contributed by atoms with van der Waals surface area (Å²) in [7, 11) is -3.87. The normalized spacial score (nSPS) is 11.5. The van der Waals surface area contributed by atoms with Gasteiger partial charge < -0.3 is 5.73 Å². The van der Waals surface area contributed by atoms with Crippen molar-refractivity contribution >= 4 is 33.3 Å². The summed E-state index contributed by atoms with van der Waals surface area (Å²) >= 11 is 5.67. The van der Waals surface area contributed by atoms with E-state index in [0.29, 0.717) is 6.54 Å². The molecule has 0 radical (unpaired) electrons. The molecule has 2 rings (SSSR count). The second-order valence-electron chi connectivity index (χ2n) is 3.97. The number of nitrogens with one attached hydrogen (secondary N) is 1. The lowest BCUT2D eigenvalue weighted by Crippen LogP contribution is -2.14. The zero-order valence-electron chi connectivity index (χ0n) is 10.6. The van der Waals surface area contributed by atoms with Gasteiger partial charge in [-0.25, -0.2) is 18.4 Å². The molecule has 2 aromatic rings. The summed E-state index contributed by atoms with van der Waals surface area (Å²) in [5, 5.41) is 4.07. The maximum absolute atomic E-state index is 12.2. The number of sulfonamides is 1. The summed E-state index contributed by atoms with van der Waals surface area (Å²) in [6.45, 7) is 2.53. The van der Waals surface area contributed by atoms with Gasteiger partial charge in [-0.3, -0.25) is 9.40 Å². The molecule has 0 aliphatic carbocycles. The Bertz CT molecular complexity index is 714. The number of rotatable bonds is 5. The number of halogens is 1. The van der Waals surface area contributed by atoms with E-state index in [1.54, 1.807) is 0 Å². The van der Waals surface area contributed by atoms with Crippen LogP contribution in [0.1, 0.15) is 13.3 Å². The van der Waals surface area contributed by atoms with Gasteiger partial charge in [0.05, 0.1) is 0 Å². The summed E-state index contributed by atoms with van der Waals surface area (Å²) in [4.78, 5) is 7.34. The second kappa shape index (κ2) is 5.63. The fourth-order valence-corrected chi connectivity index (χ4v) is 2.77. The average Bonchev–Trinajstić information content (AvgIpc) is 2.71. The highest BCUT2D eigenvalue weighted by Crippen LogP contribution is 2.20. The first-order valence-electron chi connectivity index (χ1n) is 5.75. The van der Waals surface area contributed by atoms with Crippen molar-refractivity contribution in [2.45, 2.75) is 24.8 Å². The van der Waals surface area contributed by atoms with E-state index in [4.69, 9.17) is 17.3 Å². The van der Waals surface area contributed by atoms with Gasteiger partial charge in [0, 0.05) is 18.8 Å². The zero-order valence-corrected chi connectivity index (χ0v) is 12.2. The van der Waals surface area contributed by atoms with Gasteiger partial charge >= 0.3 is 0 Å². The Labute approximate surface area is 121 Å². The van der Waals surface area contributed by atoms with Crippen LogP contribution in [0.25, 0.3) is 0 Å². The maximum Gasteiger partial charge on any atom is 0.268 e. The molecule has 0 aliphatic rings. The quantitative estimate of drug-likeness (QED) is 0.798. The lowest BCUT2D eigenvalue weighted by Gasteiger charge is -2.05. The van der Waals surface area contributed by atoms with Crippen LogP contribution in [0, 0.1) is 0 Å². The minimum absolute atomic E-state index is 0.0626. The first-order valence-corrected chi connectivity index (χ1v) is 7.62. The van der Waals surface area contributed by atoms with Gasteiger partial charge in [0.15, 0.2) is 5.82 Å². The van der Waals surface area contributed by atoms with Crippen molar-refractivity contribution in [2.75, 3.05) is 10.5 Å². The lowest BCUT2D eigenvalue weighted by atomic mass is 10.5. The first kappa shape index (κ1) is 14.5. The Hall–Kier alpha value is -1.87. The highest BCUT2D eigenvalue weighted by Gasteiger charge is 2.21. The number of anilines is 2. The number of nitrogen functional groups attached to an aromatic ring is 1. The van der Waals surface area contributed by atoms with Crippen molar-refractivity contribution in [1.29, 1.82) is 0 Å². The topological polar surface area (TPSA) is 116 Å². The zero-order chi connectivity index (χ0) is 14.8. The third-order valence-corrected chi connectivity index (χ3v) is 3.95. The van der Waals surface area contributed by atoms with Crippen molar-refractivity contribution < 1.29 is 8.42 Å². The first-order chi connectivity index (χ1) is 9.42. The van der Waals surface area contributed by atoms with Crippen molar-refractivity contribution in [2.24, 2.45) is 0 Å². The van der Waals surface area contributed by atoms with E-state index in [-0.39, 0.29) is 21.7 Å². The van der Waals surface area contributed by atoms with Crippen molar-refractivity contribution in [1.82, 2.24) is 19.7 Å². The Morgan fingerprint density at radius 3 is 2.85 bits per heavy atom. The molecule has 0 saturated heterocycles. The minimum atomic E-state index is -3.87. The fourth-order valence-electron chi connectivity index (χ4n) is 1.55. The summed E-state index contributed by atoms with van der Waals surface area (Å²) in [6.07, 6.45) is 3.35.